The molecule has 0 amide bonds. The molecule has 0 saturated carbocycles. The molecule has 6 nitrogen and oxygen atoms in total. The van der Waals surface area contributed by atoms with Gasteiger partial charge in [-0.2, -0.15) is 5.10 Å². The van der Waals surface area contributed by atoms with Crippen LogP contribution in [0.15, 0.2) is 70.6 Å². The lowest BCUT2D eigenvalue weighted by atomic mass is 10.2. The van der Waals surface area contributed by atoms with Crippen molar-refractivity contribution in [2.24, 2.45) is 5.10 Å². The van der Waals surface area contributed by atoms with E-state index in [0.29, 0.717) is 11.4 Å². The summed E-state index contributed by atoms with van der Waals surface area (Å²) in [4.78, 5) is 13.3. The van der Waals surface area contributed by atoms with E-state index in [-0.39, 0.29) is 16.2 Å². The van der Waals surface area contributed by atoms with Crippen LogP contribution < -0.4 is 5.56 Å². The summed E-state index contributed by atoms with van der Waals surface area (Å²) < 4.78 is 3.13. The lowest BCUT2D eigenvalue weighted by Crippen LogP contribution is -2.28. The number of aromatic hydroxyl groups is 1. The van der Waals surface area contributed by atoms with Gasteiger partial charge in [-0.05, 0) is 55.7 Å². The van der Waals surface area contributed by atoms with Gasteiger partial charge in [0.2, 0.25) is 5.88 Å². The fourth-order valence-corrected chi connectivity index (χ4v) is 3.85. The Balaban J connectivity index is 1.94. The topological polar surface area (TPSA) is 62.8 Å². The average Bonchev–Trinajstić information content (AvgIpc) is 2.76. The van der Waals surface area contributed by atoms with Crippen LogP contribution in [0.5, 0.6) is 5.88 Å². The lowest BCUT2D eigenvalue weighted by Gasteiger charge is -2.23. The summed E-state index contributed by atoms with van der Waals surface area (Å²) in [5.41, 5.74) is 1.02. The largest absolute Gasteiger partial charge is 0.494 e. The Kier molecular flexibility index (Phi) is 5.57. The van der Waals surface area contributed by atoms with Crippen LogP contribution in [0.2, 0.25) is 0 Å². The second-order valence-electron chi connectivity index (χ2n) is 6.93. The van der Waals surface area contributed by atoms with E-state index in [0.717, 1.165) is 25.9 Å². The molecule has 0 radical (unpaired) electrons. The highest BCUT2D eigenvalue weighted by molar-refractivity contribution is 7.71. The highest BCUT2D eigenvalue weighted by Gasteiger charge is 2.18. The second kappa shape index (κ2) is 8.45. The van der Waals surface area contributed by atoms with Crippen LogP contribution in [-0.2, 0) is 0 Å². The van der Waals surface area contributed by atoms with Gasteiger partial charge in [0.1, 0.15) is 5.56 Å². The molecule has 0 spiro atoms. The molecule has 0 unspecified atom stereocenters. The third-order valence-corrected chi connectivity index (χ3v) is 5.35. The summed E-state index contributed by atoms with van der Waals surface area (Å²) in [6, 6.07) is 18.5. The maximum atomic E-state index is 13.3. The first-order valence-electron chi connectivity index (χ1n) is 9.67. The van der Waals surface area contributed by atoms with E-state index in [9.17, 15) is 9.90 Å². The zero-order valence-electron chi connectivity index (χ0n) is 15.9. The van der Waals surface area contributed by atoms with Crippen LogP contribution in [0.4, 0.5) is 0 Å². The summed E-state index contributed by atoms with van der Waals surface area (Å²) in [6.07, 6.45) is 4.80. The lowest BCUT2D eigenvalue weighted by molar-refractivity contribution is 0.240. The van der Waals surface area contributed by atoms with Gasteiger partial charge in [-0.1, -0.05) is 36.4 Å². The number of benzene rings is 2. The van der Waals surface area contributed by atoms with Crippen molar-refractivity contribution in [3.8, 4) is 17.3 Å². The number of rotatable bonds is 4. The third-order valence-electron chi connectivity index (χ3n) is 4.98. The Morgan fingerprint density at radius 1 is 0.862 bits per heavy atom. The van der Waals surface area contributed by atoms with E-state index in [1.54, 1.807) is 0 Å². The average molecular weight is 407 g/mol. The van der Waals surface area contributed by atoms with Crippen molar-refractivity contribution in [1.82, 2.24) is 14.1 Å². The molecular weight excluding hydrogens is 384 g/mol. The number of nitrogens with zero attached hydrogens (tertiary/aromatic N) is 4. The van der Waals surface area contributed by atoms with Crippen LogP contribution in [-0.4, -0.2) is 38.6 Å². The van der Waals surface area contributed by atoms with Crippen molar-refractivity contribution in [1.29, 1.82) is 0 Å². The van der Waals surface area contributed by atoms with E-state index >= 15 is 0 Å². The molecule has 7 heteroatoms. The van der Waals surface area contributed by atoms with Crippen LogP contribution in [0.3, 0.4) is 0 Å². The van der Waals surface area contributed by atoms with Crippen LogP contribution in [0, 0.1) is 4.77 Å². The Hall–Kier alpha value is -3.19. The molecule has 29 heavy (non-hydrogen) atoms. The van der Waals surface area contributed by atoms with E-state index < -0.39 is 5.56 Å². The highest BCUT2D eigenvalue weighted by Crippen LogP contribution is 2.21. The van der Waals surface area contributed by atoms with Gasteiger partial charge in [0.05, 0.1) is 17.6 Å². The molecule has 1 fully saturated rings. The van der Waals surface area contributed by atoms with Gasteiger partial charge in [0.15, 0.2) is 4.77 Å². The first-order chi connectivity index (χ1) is 14.2. The zero-order valence-corrected chi connectivity index (χ0v) is 16.8. The molecule has 0 atom stereocenters. The van der Waals surface area contributed by atoms with Gasteiger partial charge in [0.25, 0.3) is 5.56 Å². The smallest absolute Gasteiger partial charge is 0.271 e. The summed E-state index contributed by atoms with van der Waals surface area (Å²) in [6.45, 7) is 1.70. The van der Waals surface area contributed by atoms with Gasteiger partial charge >= 0.3 is 0 Å². The van der Waals surface area contributed by atoms with Crippen LogP contribution in [0.25, 0.3) is 11.4 Å². The molecule has 1 aliphatic rings. The number of hydrazone groups is 1. The minimum absolute atomic E-state index is 0.108. The first kappa shape index (κ1) is 19.1. The summed E-state index contributed by atoms with van der Waals surface area (Å²) >= 11 is 5.61. The normalized spacial score (nSPS) is 14.4. The molecule has 1 N–H and O–H groups in total. The molecule has 2 aromatic carbocycles. The SMILES string of the molecule is O=c1c(C=NN2CCCCC2)c(O)n(-c2ccccc2)c(=S)n1-c1ccccc1. The fourth-order valence-electron chi connectivity index (χ4n) is 3.47. The zero-order chi connectivity index (χ0) is 20.2. The number of hydrogen-bond acceptors (Lipinski definition) is 5. The Morgan fingerprint density at radius 3 is 2.00 bits per heavy atom. The van der Waals surface area contributed by atoms with Crippen molar-refractivity contribution in [2.45, 2.75) is 19.3 Å². The first-order valence-corrected chi connectivity index (χ1v) is 10.1. The van der Waals surface area contributed by atoms with Gasteiger partial charge in [-0.25, -0.2) is 0 Å². The van der Waals surface area contributed by atoms with Crippen LogP contribution in [0.1, 0.15) is 24.8 Å². The van der Waals surface area contributed by atoms with E-state index in [1.165, 1.54) is 21.8 Å². The minimum atomic E-state index is -0.397. The number of para-hydroxylation sites is 2. The molecule has 1 aliphatic heterocycles. The van der Waals surface area contributed by atoms with Crippen molar-refractivity contribution >= 4 is 18.4 Å². The molecule has 148 valence electrons. The van der Waals surface area contributed by atoms with Crippen molar-refractivity contribution in [3.05, 3.63) is 81.4 Å². The number of hydrogen-bond donors (Lipinski definition) is 1. The van der Waals surface area contributed by atoms with Crippen molar-refractivity contribution in [2.75, 3.05) is 13.1 Å². The molecule has 3 aromatic rings. The van der Waals surface area contributed by atoms with E-state index in [1.807, 2.05) is 65.7 Å². The summed E-state index contributed by atoms with van der Waals surface area (Å²) in [5, 5.41) is 17.4. The Morgan fingerprint density at radius 2 is 1.41 bits per heavy atom. The Bertz CT molecular complexity index is 1130. The predicted octanol–water partition coefficient (Wildman–Crippen LogP) is 3.88. The van der Waals surface area contributed by atoms with Crippen molar-refractivity contribution in [3.63, 3.8) is 0 Å². The molecule has 1 saturated heterocycles. The van der Waals surface area contributed by atoms with Crippen molar-refractivity contribution < 1.29 is 5.11 Å². The maximum absolute atomic E-state index is 13.3. The molecule has 2 heterocycles. The summed E-state index contributed by atoms with van der Waals surface area (Å²) in [7, 11) is 0. The second-order valence-corrected chi connectivity index (χ2v) is 7.29. The third kappa shape index (κ3) is 3.86. The van der Waals surface area contributed by atoms with E-state index in [2.05, 4.69) is 5.10 Å². The molecule has 0 aliphatic carbocycles. The van der Waals surface area contributed by atoms with E-state index in [4.69, 9.17) is 12.2 Å². The number of aromatic nitrogens is 2. The predicted molar refractivity (Wildman–Crippen MR) is 117 cm³/mol. The fraction of sp³-hybridized carbons (Fsp3) is 0.227. The maximum Gasteiger partial charge on any atom is 0.271 e. The minimum Gasteiger partial charge on any atom is -0.494 e. The number of piperidine rings is 1. The molecule has 0 bridgehead atoms. The van der Waals surface area contributed by atoms with Crippen LogP contribution >= 0.6 is 12.2 Å². The van der Waals surface area contributed by atoms with Gasteiger partial charge < -0.3 is 5.11 Å². The molecular formula is C22H22N4O2S. The molecule has 4 rings (SSSR count). The van der Waals surface area contributed by atoms with Gasteiger partial charge in [0, 0.05) is 13.1 Å². The Labute approximate surface area is 174 Å². The standard InChI is InChI=1S/C22H22N4O2S/c27-20-19(16-23-24-14-8-3-9-15-24)21(28)26(18-12-6-2-7-13-18)22(29)25(20)17-10-4-1-5-11-17/h1-2,4-7,10-13,16,27H,3,8-9,14-15H2. The summed E-state index contributed by atoms with van der Waals surface area (Å²) in [5.74, 6) is -0.209. The van der Waals surface area contributed by atoms with Gasteiger partial charge in [-0.15, -0.1) is 0 Å². The quantitative estimate of drug-likeness (QED) is 0.528. The van der Waals surface area contributed by atoms with Gasteiger partial charge in [-0.3, -0.25) is 18.9 Å². The monoisotopic (exact) mass is 406 g/mol. The molecule has 1 aromatic heterocycles. The highest BCUT2D eigenvalue weighted by atomic mass is 32.1.